The molecule has 0 amide bonds. The summed E-state index contributed by atoms with van der Waals surface area (Å²) in [5.74, 6) is -0.632. The molecule has 25 heavy (non-hydrogen) atoms. The van der Waals surface area contributed by atoms with E-state index in [0.717, 1.165) is 0 Å². The zero-order valence-corrected chi connectivity index (χ0v) is 17.1. The molecule has 1 aromatic carbocycles. The number of ketones is 2. The van der Waals surface area contributed by atoms with Crippen molar-refractivity contribution >= 4 is 31.9 Å². The third kappa shape index (κ3) is 4.55. The number of aromatic nitrogens is 1. The Hall–Kier alpha value is -1.99. The minimum atomic E-state index is -1.45. The van der Waals surface area contributed by atoms with Gasteiger partial charge in [0.2, 0.25) is 9.04 Å². The van der Waals surface area contributed by atoms with E-state index in [4.69, 9.17) is 4.43 Å². The molecule has 0 aliphatic rings. The van der Waals surface area contributed by atoms with Crippen molar-refractivity contribution in [3.63, 3.8) is 0 Å². The Morgan fingerprint density at radius 3 is 2.44 bits per heavy atom. The van der Waals surface area contributed by atoms with Crippen molar-refractivity contribution in [2.24, 2.45) is 0 Å². The van der Waals surface area contributed by atoms with Gasteiger partial charge in [-0.2, -0.15) is 0 Å². The van der Waals surface area contributed by atoms with Crippen LogP contribution in [0.5, 0.6) is 11.5 Å². The molecule has 0 fully saturated rings. The predicted molar refractivity (Wildman–Crippen MR) is 102 cm³/mol. The normalized spacial score (nSPS) is 11.6. The summed E-state index contributed by atoms with van der Waals surface area (Å²) >= 11 is 1.20. The first-order chi connectivity index (χ1) is 11.6. The lowest BCUT2D eigenvalue weighted by atomic mass is 9.81. The summed E-state index contributed by atoms with van der Waals surface area (Å²) < 4.78 is 5.72. The highest BCUT2D eigenvalue weighted by Crippen LogP contribution is 2.39. The fourth-order valence-corrected chi connectivity index (χ4v) is 3.77. The zero-order valence-electron chi connectivity index (χ0n) is 15.1. The van der Waals surface area contributed by atoms with Crippen LogP contribution in [0.25, 0.3) is 0 Å². The number of benzene rings is 1. The van der Waals surface area contributed by atoms with Crippen LogP contribution >= 0.6 is 11.3 Å². The lowest BCUT2D eigenvalue weighted by Crippen LogP contribution is -2.20. The Balaban J connectivity index is 2.45. The van der Waals surface area contributed by atoms with Crippen molar-refractivity contribution in [2.75, 3.05) is 0 Å². The highest BCUT2D eigenvalue weighted by molar-refractivity contribution is 7.11. The van der Waals surface area contributed by atoms with Crippen molar-refractivity contribution < 1.29 is 19.1 Å². The molecule has 0 aliphatic heterocycles. The first-order valence-corrected chi connectivity index (χ1v) is 11.8. The average molecular weight is 378 g/mol. The number of nitrogens with zero attached hydrogens (tertiary/aromatic N) is 1. The van der Waals surface area contributed by atoms with Crippen molar-refractivity contribution in [2.45, 2.75) is 45.7 Å². The summed E-state index contributed by atoms with van der Waals surface area (Å²) in [5, 5.41) is 12.6. The molecule has 1 heterocycles. The van der Waals surface area contributed by atoms with Gasteiger partial charge in [0.25, 0.3) is 0 Å². The van der Waals surface area contributed by atoms with Gasteiger partial charge in [-0.25, -0.2) is 4.98 Å². The maximum atomic E-state index is 12.8. The van der Waals surface area contributed by atoms with Crippen LogP contribution in [0.2, 0.25) is 13.1 Å². The predicted octanol–water partition coefficient (Wildman–Crippen LogP) is 3.96. The third-order valence-corrected chi connectivity index (χ3v) is 5.12. The van der Waals surface area contributed by atoms with E-state index in [1.165, 1.54) is 17.5 Å². The Bertz CT molecular complexity index is 779. The fraction of sp³-hybridized carbons (Fsp3) is 0.389. The molecule has 1 N–H and O–H groups in total. The van der Waals surface area contributed by atoms with Gasteiger partial charge in [0.15, 0.2) is 22.3 Å². The standard InChI is InChI=1S/C18H23NO4SSi/c1-18(2,3)11-6-7-14(23-25(4)5)16(22)15(11)12(20)10-13(21)17-19-8-9-24-17/h6-9,22,25H,10H2,1-5H3. The van der Waals surface area contributed by atoms with Crippen molar-refractivity contribution in [1.82, 2.24) is 4.98 Å². The van der Waals surface area contributed by atoms with E-state index in [1.54, 1.807) is 17.5 Å². The van der Waals surface area contributed by atoms with Gasteiger partial charge in [0.1, 0.15) is 5.75 Å². The smallest absolute Gasteiger partial charge is 0.229 e. The second-order valence-corrected chi connectivity index (χ2v) is 10.3. The number of aromatic hydroxyl groups is 1. The van der Waals surface area contributed by atoms with Gasteiger partial charge in [0, 0.05) is 11.6 Å². The molecule has 134 valence electrons. The summed E-state index contributed by atoms with van der Waals surface area (Å²) in [7, 11) is -1.45. The largest absolute Gasteiger partial charge is 0.544 e. The van der Waals surface area contributed by atoms with E-state index in [9.17, 15) is 14.7 Å². The van der Waals surface area contributed by atoms with Crippen LogP contribution in [0.15, 0.2) is 23.7 Å². The van der Waals surface area contributed by atoms with Crippen LogP contribution in [-0.2, 0) is 5.41 Å². The van der Waals surface area contributed by atoms with E-state index in [0.29, 0.717) is 16.3 Å². The monoisotopic (exact) mass is 377 g/mol. The first kappa shape index (κ1) is 19.3. The van der Waals surface area contributed by atoms with Gasteiger partial charge in [-0.3, -0.25) is 9.59 Å². The van der Waals surface area contributed by atoms with Gasteiger partial charge in [-0.15, -0.1) is 11.3 Å². The van der Waals surface area contributed by atoms with Crippen molar-refractivity contribution in [3.05, 3.63) is 39.8 Å². The SMILES string of the molecule is C[SiH](C)Oc1ccc(C(C)(C)C)c(C(=O)CC(=O)c2nccs2)c1O. The molecule has 2 rings (SSSR count). The molecule has 0 aliphatic carbocycles. The van der Waals surface area contributed by atoms with Crippen LogP contribution in [-0.4, -0.2) is 30.7 Å². The lowest BCUT2D eigenvalue weighted by Gasteiger charge is -2.24. The van der Waals surface area contributed by atoms with E-state index < -0.39 is 14.8 Å². The first-order valence-electron chi connectivity index (χ1n) is 8.10. The van der Waals surface area contributed by atoms with Gasteiger partial charge >= 0.3 is 0 Å². The number of carbonyl (C=O) groups excluding carboxylic acids is 2. The number of phenols is 1. The maximum absolute atomic E-state index is 12.8. The summed E-state index contributed by atoms with van der Waals surface area (Å²) in [6.45, 7) is 9.83. The number of hydrogen-bond acceptors (Lipinski definition) is 6. The molecule has 0 bridgehead atoms. The quantitative estimate of drug-likeness (QED) is 0.468. The molecular formula is C18H23NO4SSi. The molecular weight excluding hydrogens is 354 g/mol. The molecule has 0 unspecified atom stereocenters. The van der Waals surface area contributed by atoms with Crippen molar-refractivity contribution in [1.29, 1.82) is 0 Å². The molecule has 0 saturated heterocycles. The van der Waals surface area contributed by atoms with Crippen LogP contribution in [0.4, 0.5) is 0 Å². The number of phenolic OH excluding ortho intramolecular Hbond substituents is 1. The molecule has 2 aromatic rings. The van der Waals surface area contributed by atoms with E-state index in [-0.39, 0.29) is 28.9 Å². The minimum Gasteiger partial charge on any atom is -0.544 e. The highest BCUT2D eigenvalue weighted by Gasteiger charge is 2.28. The molecule has 0 radical (unpaired) electrons. The van der Waals surface area contributed by atoms with Gasteiger partial charge in [-0.05, 0) is 30.1 Å². The van der Waals surface area contributed by atoms with E-state index in [2.05, 4.69) is 4.98 Å². The zero-order chi connectivity index (χ0) is 18.8. The number of hydrogen-bond donors (Lipinski definition) is 1. The van der Waals surface area contributed by atoms with E-state index in [1.807, 2.05) is 33.9 Å². The second-order valence-electron chi connectivity index (χ2n) is 7.11. The van der Waals surface area contributed by atoms with Crippen LogP contribution in [0, 0.1) is 0 Å². The fourth-order valence-electron chi connectivity index (χ4n) is 2.50. The van der Waals surface area contributed by atoms with E-state index >= 15 is 0 Å². The molecule has 0 spiro atoms. The molecule has 7 heteroatoms. The molecule has 1 aromatic heterocycles. The highest BCUT2D eigenvalue weighted by atomic mass is 32.1. The molecule has 5 nitrogen and oxygen atoms in total. The average Bonchev–Trinajstić information content (AvgIpc) is 3.01. The van der Waals surface area contributed by atoms with Gasteiger partial charge in [-0.1, -0.05) is 26.8 Å². The summed E-state index contributed by atoms with van der Waals surface area (Å²) in [6, 6.07) is 3.50. The Morgan fingerprint density at radius 1 is 1.24 bits per heavy atom. The van der Waals surface area contributed by atoms with Crippen molar-refractivity contribution in [3.8, 4) is 11.5 Å². The summed E-state index contributed by atoms with van der Waals surface area (Å²) in [6.07, 6.45) is 1.20. The Labute approximate surface area is 153 Å². The number of thiazole rings is 1. The number of rotatable bonds is 6. The molecule has 0 atom stereocenters. The Morgan fingerprint density at radius 2 is 1.92 bits per heavy atom. The lowest BCUT2D eigenvalue weighted by molar-refractivity contribution is 0.0891. The maximum Gasteiger partial charge on any atom is 0.229 e. The van der Waals surface area contributed by atoms with Crippen LogP contribution < -0.4 is 4.43 Å². The topological polar surface area (TPSA) is 76.5 Å². The van der Waals surface area contributed by atoms with Crippen LogP contribution in [0.1, 0.15) is 52.9 Å². The number of carbonyl (C=O) groups is 2. The Kier molecular flexibility index (Phi) is 5.79. The summed E-state index contributed by atoms with van der Waals surface area (Å²) in [4.78, 5) is 29.0. The van der Waals surface area contributed by atoms with Gasteiger partial charge in [0.05, 0.1) is 12.0 Å². The number of Topliss-reactive ketones (excluding diaryl/α,β-unsaturated/α-hetero) is 2. The third-order valence-electron chi connectivity index (χ3n) is 3.58. The minimum absolute atomic E-state index is 0.171. The molecule has 0 saturated carbocycles. The van der Waals surface area contributed by atoms with Crippen LogP contribution in [0.3, 0.4) is 0 Å². The summed E-state index contributed by atoms with van der Waals surface area (Å²) in [5.41, 5.74) is 0.504. The van der Waals surface area contributed by atoms with Gasteiger partial charge < -0.3 is 9.53 Å². The second kappa shape index (κ2) is 7.49.